The predicted molar refractivity (Wildman–Crippen MR) is 50.0 cm³/mol. The van der Waals surface area contributed by atoms with Crippen molar-refractivity contribution in [2.75, 3.05) is 0 Å². The van der Waals surface area contributed by atoms with Crippen molar-refractivity contribution in [1.82, 2.24) is 9.55 Å². The van der Waals surface area contributed by atoms with Gasteiger partial charge in [-0.25, -0.2) is 4.98 Å². The van der Waals surface area contributed by atoms with Crippen molar-refractivity contribution in [1.29, 1.82) is 0 Å². The summed E-state index contributed by atoms with van der Waals surface area (Å²) in [5.74, 6) is 0. The summed E-state index contributed by atoms with van der Waals surface area (Å²) in [6.45, 7) is 0.788. The Hall–Kier alpha value is -0.490. The summed E-state index contributed by atoms with van der Waals surface area (Å²) in [5, 5.41) is -2.61. The summed E-state index contributed by atoms with van der Waals surface area (Å²) in [7, 11) is -10.1. The van der Waals surface area contributed by atoms with Crippen LogP contribution in [0.3, 0.4) is 0 Å². The van der Waals surface area contributed by atoms with Gasteiger partial charge in [0, 0.05) is 12.4 Å². The van der Waals surface area contributed by atoms with E-state index in [1.807, 2.05) is 0 Å². The number of aromatic nitrogens is 2. The van der Waals surface area contributed by atoms with E-state index in [-0.39, 0.29) is 0 Å². The highest BCUT2D eigenvalue weighted by atomic mass is 31.2. The Bertz CT molecular complexity index is 408. The molecule has 1 aromatic heterocycles. The van der Waals surface area contributed by atoms with Crippen molar-refractivity contribution in [2.24, 2.45) is 0 Å². The maximum atomic E-state index is 11.2. The fourth-order valence-electron chi connectivity index (χ4n) is 0.980. The SMILES string of the molecule is CC(n1ccnc1)(P(=O)(O)O)P(=O)(O)O. The van der Waals surface area contributed by atoms with E-state index in [9.17, 15) is 9.13 Å². The van der Waals surface area contributed by atoms with Crippen LogP contribution in [-0.4, -0.2) is 29.1 Å². The zero-order chi connectivity index (χ0) is 11.9. The second-order valence-corrected chi connectivity index (χ2v) is 7.30. The molecular formula is C5H10N2O6P2. The molecule has 86 valence electrons. The number of imidazole rings is 1. The van der Waals surface area contributed by atoms with Gasteiger partial charge in [-0.3, -0.25) is 9.13 Å². The molecule has 0 bridgehead atoms. The molecule has 0 unspecified atom stereocenters. The number of rotatable bonds is 3. The predicted octanol–water partition coefficient (Wildman–Crippen LogP) is -0.131. The molecule has 4 N–H and O–H groups in total. The average molecular weight is 256 g/mol. The normalized spacial score (nSPS) is 14.2. The molecule has 1 heterocycles. The Balaban J connectivity index is 3.47. The Kier molecular flexibility index (Phi) is 2.95. The molecule has 0 aromatic carbocycles. The molecule has 0 amide bonds. The van der Waals surface area contributed by atoms with Gasteiger partial charge in [0.1, 0.15) is 0 Å². The smallest absolute Gasteiger partial charge is 0.322 e. The fourth-order valence-corrected chi connectivity index (χ4v) is 3.18. The number of nitrogens with zero attached hydrogens (tertiary/aromatic N) is 2. The van der Waals surface area contributed by atoms with Crippen molar-refractivity contribution in [2.45, 2.75) is 11.9 Å². The molecule has 0 saturated heterocycles. The van der Waals surface area contributed by atoms with E-state index >= 15 is 0 Å². The highest BCUT2D eigenvalue weighted by Crippen LogP contribution is 2.71. The monoisotopic (exact) mass is 256 g/mol. The van der Waals surface area contributed by atoms with Crippen LogP contribution in [0.15, 0.2) is 18.7 Å². The summed E-state index contributed by atoms with van der Waals surface area (Å²) in [6.07, 6.45) is 3.19. The highest BCUT2D eigenvalue weighted by Gasteiger charge is 2.58. The van der Waals surface area contributed by atoms with Gasteiger partial charge in [0.2, 0.25) is 5.02 Å². The van der Waals surface area contributed by atoms with Crippen molar-refractivity contribution in [3.05, 3.63) is 18.7 Å². The molecular weight excluding hydrogens is 246 g/mol. The van der Waals surface area contributed by atoms with Gasteiger partial charge in [-0.2, -0.15) is 0 Å². The van der Waals surface area contributed by atoms with Crippen molar-refractivity contribution < 1.29 is 28.7 Å². The molecule has 0 aliphatic heterocycles. The minimum absolute atomic E-state index is 0.717. The summed E-state index contributed by atoms with van der Waals surface area (Å²) < 4.78 is 23.0. The molecule has 0 aliphatic rings. The molecule has 15 heavy (non-hydrogen) atoms. The zero-order valence-electron chi connectivity index (χ0n) is 7.63. The third kappa shape index (κ3) is 1.92. The van der Waals surface area contributed by atoms with Gasteiger partial charge in [0.15, 0.2) is 0 Å². The van der Waals surface area contributed by atoms with Gasteiger partial charge in [-0.05, 0) is 6.92 Å². The summed E-state index contributed by atoms with van der Waals surface area (Å²) in [5.41, 5.74) is 0. The molecule has 10 heteroatoms. The molecule has 0 radical (unpaired) electrons. The van der Waals surface area contributed by atoms with E-state index in [1.165, 1.54) is 6.20 Å². The number of hydrogen-bond acceptors (Lipinski definition) is 3. The average Bonchev–Trinajstić information content (AvgIpc) is 2.49. The maximum Gasteiger partial charge on any atom is 0.363 e. The van der Waals surface area contributed by atoms with Crippen molar-refractivity contribution >= 4 is 15.2 Å². The Morgan fingerprint density at radius 1 is 1.20 bits per heavy atom. The first kappa shape index (κ1) is 12.6. The lowest BCUT2D eigenvalue weighted by Crippen LogP contribution is -2.28. The first-order valence-corrected chi connectivity index (χ1v) is 6.93. The van der Waals surface area contributed by atoms with Crippen LogP contribution in [0, 0.1) is 0 Å². The van der Waals surface area contributed by atoms with Crippen LogP contribution in [-0.2, 0) is 14.2 Å². The molecule has 8 nitrogen and oxygen atoms in total. The van der Waals surface area contributed by atoms with Gasteiger partial charge >= 0.3 is 15.2 Å². The second-order valence-electron chi connectivity index (χ2n) is 3.03. The minimum atomic E-state index is -5.04. The van der Waals surface area contributed by atoms with Gasteiger partial charge in [0.25, 0.3) is 0 Å². The van der Waals surface area contributed by atoms with Gasteiger partial charge < -0.3 is 24.1 Å². The first-order chi connectivity index (χ1) is 6.61. The fraction of sp³-hybridized carbons (Fsp3) is 0.400. The van der Waals surface area contributed by atoms with E-state index in [0.29, 0.717) is 4.57 Å². The molecule has 0 fully saturated rings. The zero-order valence-corrected chi connectivity index (χ0v) is 9.42. The molecule has 0 atom stereocenters. The van der Waals surface area contributed by atoms with E-state index < -0.39 is 20.2 Å². The van der Waals surface area contributed by atoms with E-state index in [1.54, 1.807) is 0 Å². The first-order valence-electron chi connectivity index (χ1n) is 3.70. The van der Waals surface area contributed by atoms with E-state index in [4.69, 9.17) is 19.6 Å². The van der Waals surface area contributed by atoms with Crippen LogP contribution >= 0.6 is 15.2 Å². The van der Waals surface area contributed by atoms with Crippen LogP contribution in [0.25, 0.3) is 0 Å². The quantitative estimate of drug-likeness (QED) is 0.553. The van der Waals surface area contributed by atoms with E-state index in [2.05, 4.69) is 4.98 Å². The Morgan fingerprint density at radius 2 is 1.67 bits per heavy atom. The second kappa shape index (κ2) is 3.52. The summed E-state index contributed by atoms with van der Waals surface area (Å²) >= 11 is 0. The van der Waals surface area contributed by atoms with E-state index in [0.717, 1.165) is 19.4 Å². The topological polar surface area (TPSA) is 133 Å². The van der Waals surface area contributed by atoms with Crippen molar-refractivity contribution in [3.8, 4) is 0 Å². The largest absolute Gasteiger partial charge is 0.363 e. The lowest BCUT2D eigenvalue weighted by molar-refractivity contribution is 0.284. The standard InChI is InChI=1S/C5H10N2O6P2/c1-5(14(8,9)10,15(11,12)13)7-3-2-6-4-7/h2-4H,1H3,(H2,8,9,10)(H2,11,12,13). The van der Waals surface area contributed by atoms with Crippen LogP contribution in [0.1, 0.15) is 6.92 Å². The van der Waals surface area contributed by atoms with Crippen LogP contribution in [0.2, 0.25) is 0 Å². The maximum absolute atomic E-state index is 11.2. The number of hydrogen-bond donors (Lipinski definition) is 4. The lowest BCUT2D eigenvalue weighted by Gasteiger charge is -2.31. The molecule has 0 aliphatic carbocycles. The molecule has 1 rings (SSSR count). The highest BCUT2D eigenvalue weighted by molar-refractivity contribution is 7.71. The minimum Gasteiger partial charge on any atom is -0.322 e. The summed E-state index contributed by atoms with van der Waals surface area (Å²) in [6, 6.07) is 0. The van der Waals surface area contributed by atoms with Gasteiger partial charge in [-0.1, -0.05) is 0 Å². The Morgan fingerprint density at radius 3 is 1.93 bits per heavy atom. The van der Waals surface area contributed by atoms with Crippen LogP contribution in [0.5, 0.6) is 0 Å². The third-order valence-electron chi connectivity index (χ3n) is 2.10. The van der Waals surface area contributed by atoms with Crippen molar-refractivity contribution in [3.63, 3.8) is 0 Å². The van der Waals surface area contributed by atoms with Gasteiger partial charge in [-0.15, -0.1) is 0 Å². The molecule has 0 spiro atoms. The van der Waals surface area contributed by atoms with Gasteiger partial charge in [0.05, 0.1) is 6.33 Å². The lowest BCUT2D eigenvalue weighted by atomic mass is 10.7. The summed E-state index contributed by atoms with van der Waals surface area (Å²) in [4.78, 5) is 39.5. The Labute approximate surface area is 84.9 Å². The van der Waals surface area contributed by atoms with Crippen LogP contribution in [0.4, 0.5) is 0 Å². The molecule has 1 aromatic rings. The van der Waals surface area contributed by atoms with Crippen LogP contribution < -0.4 is 0 Å². The molecule has 0 saturated carbocycles. The third-order valence-corrected chi connectivity index (χ3v) is 6.33.